The van der Waals surface area contributed by atoms with Crippen LogP contribution in [0.2, 0.25) is 0 Å². The van der Waals surface area contributed by atoms with Crippen LogP contribution in [0.4, 0.5) is 0 Å². The summed E-state index contributed by atoms with van der Waals surface area (Å²) in [5.41, 5.74) is 1.48. The van der Waals surface area contributed by atoms with E-state index in [1.807, 2.05) is 6.07 Å². The quantitative estimate of drug-likeness (QED) is 0.730. The third kappa shape index (κ3) is 2.62. The van der Waals surface area contributed by atoms with E-state index in [9.17, 15) is 4.79 Å². The second-order valence-electron chi connectivity index (χ2n) is 4.33. The number of hydrogen-bond acceptors (Lipinski definition) is 5. The zero-order valence-electron chi connectivity index (χ0n) is 11.0. The number of hydrogen-bond donors (Lipinski definition) is 0. The highest BCUT2D eigenvalue weighted by molar-refractivity contribution is 5.67. The fourth-order valence-electron chi connectivity index (χ4n) is 2.01. The monoisotopic (exact) mass is 281 g/mol. The number of fused-ring (bicyclic) bond motifs is 1. The first kappa shape index (κ1) is 12.9. The molecule has 0 aliphatic carbocycles. The van der Waals surface area contributed by atoms with E-state index in [2.05, 4.69) is 4.98 Å². The Labute approximate surface area is 119 Å². The Bertz CT molecular complexity index is 873. The Kier molecular flexibility index (Phi) is 3.39. The van der Waals surface area contributed by atoms with E-state index in [0.717, 1.165) is 0 Å². The number of pyridine rings is 1. The summed E-state index contributed by atoms with van der Waals surface area (Å²) in [6, 6.07) is 12.3. The minimum absolute atomic E-state index is 0.278. The summed E-state index contributed by atoms with van der Waals surface area (Å²) in [7, 11) is 0. The average molecular weight is 281 g/mol. The van der Waals surface area contributed by atoms with Crippen molar-refractivity contribution < 1.29 is 9.15 Å². The van der Waals surface area contributed by atoms with E-state index in [1.54, 1.807) is 42.6 Å². The van der Waals surface area contributed by atoms with Crippen LogP contribution in [0.15, 0.2) is 51.8 Å². The van der Waals surface area contributed by atoms with Crippen LogP contribution in [0.25, 0.3) is 11.2 Å². The van der Waals surface area contributed by atoms with Gasteiger partial charge in [-0.15, -0.1) is 0 Å². The van der Waals surface area contributed by atoms with Gasteiger partial charge >= 0.3 is 5.76 Å². The standard InChI is InChI=1S/C15H11N3O3/c16-10-11-3-1-4-12(9-11)20-8-7-18-14-13(21-15(18)19)5-2-6-17-14/h1-6,9H,7-8H2. The van der Waals surface area contributed by atoms with Crippen molar-refractivity contribution in [3.63, 3.8) is 0 Å². The molecule has 0 atom stereocenters. The van der Waals surface area contributed by atoms with Gasteiger partial charge in [0, 0.05) is 6.20 Å². The molecule has 0 amide bonds. The molecule has 0 unspecified atom stereocenters. The summed E-state index contributed by atoms with van der Waals surface area (Å²) >= 11 is 0. The van der Waals surface area contributed by atoms with Gasteiger partial charge in [0.25, 0.3) is 0 Å². The van der Waals surface area contributed by atoms with Crippen LogP contribution in [0.3, 0.4) is 0 Å². The van der Waals surface area contributed by atoms with Crippen LogP contribution in [0.1, 0.15) is 5.56 Å². The van der Waals surface area contributed by atoms with Gasteiger partial charge in [-0.1, -0.05) is 6.07 Å². The highest BCUT2D eigenvalue weighted by atomic mass is 16.5. The van der Waals surface area contributed by atoms with Gasteiger partial charge in [-0.25, -0.2) is 9.78 Å². The van der Waals surface area contributed by atoms with Crippen LogP contribution in [-0.4, -0.2) is 16.2 Å². The lowest BCUT2D eigenvalue weighted by molar-refractivity contribution is 0.294. The Hall–Kier alpha value is -3.07. The average Bonchev–Trinajstić information content (AvgIpc) is 2.83. The van der Waals surface area contributed by atoms with E-state index in [4.69, 9.17) is 14.4 Å². The molecule has 0 fully saturated rings. The molecular formula is C15H11N3O3. The third-order valence-electron chi connectivity index (χ3n) is 2.97. The molecule has 104 valence electrons. The maximum absolute atomic E-state index is 11.7. The maximum atomic E-state index is 11.7. The number of nitriles is 1. The molecule has 3 rings (SSSR count). The van der Waals surface area contributed by atoms with Gasteiger partial charge in [-0.2, -0.15) is 5.26 Å². The second kappa shape index (κ2) is 5.51. The summed E-state index contributed by atoms with van der Waals surface area (Å²) in [4.78, 5) is 15.9. The summed E-state index contributed by atoms with van der Waals surface area (Å²) < 4.78 is 12.1. The van der Waals surface area contributed by atoms with Crippen LogP contribution in [-0.2, 0) is 6.54 Å². The van der Waals surface area contributed by atoms with Crippen molar-refractivity contribution in [2.75, 3.05) is 6.61 Å². The first-order valence-electron chi connectivity index (χ1n) is 6.35. The van der Waals surface area contributed by atoms with E-state index >= 15 is 0 Å². The molecule has 0 aliphatic heterocycles. The van der Waals surface area contributed by atoms with Gasteiger partial charge < -0.3 is 9.15 Å². The zero-order chi connectivity index (χ0) is 14.7. The number of nitrogens with zero attached hydrogens (tertiary/aromatic N) is 3. The smallest absolute Gasteiger partial charge is 0.421 e. The summed E-state index contributed by atoms with van der Waals surface area (Å²) in [6.07, 6.45) is 1.60. The Balaban J connectivity index is 1.74. The minimum atomic E-state index is -0.460. The molecule has 2 aromatic heterocycles. The molecule has 6 nitrogen and oxygen atoms in total. The predicted molar refractivity (Wildman–Crippen MR) is 74.9 cm³/mol. The van der Waals surface area contributed by atoms with Crippen LogP contribution in [0, 0.1) is 11.3 Å². The fraction of sp³-hybridized carbons (Fsp3) is 0.133. The van der Waals surface area contributed by atoms with Crippen LogP contribution < -0.4 is 10.5 Å². The van der Waals surface area contributed by atoms with Crippen molar-refractivity contribution in [1.82, 2.24) is 9.55 Å². The van der Waals surface area contributed by atoms with Gasteiger partial charge in [0.05, 0.1) is 18.2 Å². The lowest BCUT2D eigenvalue weighted by atomic mass is 10.2. The largest absolute Gasteiger partial charge is 0.492 e. The molecule has 6 heteroatoms. The number of benzene rings is 1. The molecule has 1 aromatic carbocycles. The Morgan fingerprint density at radius 3 is 3.10 bits per heavy atom. The van der Waals surface area contributed by atoms with Gasteiger partial charge in [0.15, 0.2) is 11.2 Å². The van der Waals surface area contributed by atoms with Gasteiger partial charge in [-0.3, -0.25) is 4.57 Å². The van der Waals surface area contributed by atoms with E-state index in [0.29, 0.717) is 29.1 Å². The molecule has 0 bridgehead atoms. The highest BCUT2D eigenvalue weighted by Crippen LogP contribution is 2.13. The van der Waals surface area contributed by atoms with Gasteiger partial charge in [0.1, 0.15) is 12.4 Å². The van der Waals surface area contributed by atoms with E-state index < -0.39 is 5.76 Å². The normalized spacial score (nSPS) is 10.4. The maximum Gasteiger partial charge on any atom is 0.421 e. The third-order valence-corrected chi connectivity index (χ3v) is 2.97. The number of aromatic nitrogens is 2. The molecule has 0 saturated carbocycles. The van der Waals surface area contributed by atoms with Crippen LogP contribution >= 0.6 is 0 Å². The topological polar surface area (TPSA) is 81.0 Å². The molecule has 2 heterocycles. The number of rotatable bonds is 4. The fourth-order valence-corrected chi connectivity index (χ4v) is 2.01. The van der Waals surface area contributed by atoms with Gasteiger partial charge in [0.2, 0.25) is 0 Å². The van der Waals surface area contributed by atoms with Crippen molar-refractivity contribution in [3.05, 3.63) is 58.7 Å². The van der Waals surface area contributed by atoms with Crippen LogP contribution in [0.5, 0.6) is 5.75 Å². The van der Waals surface area contributed by atoms with Crippen molar-refractivity contribution in [1.29, 1.82) is 5.26 Å². The molecule has 0 N–H and O–H groups in total. The highest BCUT2D eigenvalue weighted by Gasteiger charge is 2.09. The number of oxazole rings is 1. The minimum Gasteiger partial charge on any atom is -0.492 e. The number of ether oxygens (including phenoxy) is 1. The molecule has 0 spiro atoms. The lowest BCUT2D eigenvalue weighted by Gasteiger charge is -2.06. The van der Waals surface area contributed by atoms with E-state index in [1.165, 1.54) is 4.57 Å². The first-order chi connectivity index (χ1) is 10.3. The molecule has 0 aliphatic rings. The Morgan fingerprint density at radius 2 is 2.24 bits per heavy atom. The van der Waals surface area contributed by atoms with E-state index in [-0.39, 0.29) is 6.61 Å². The second-order valence-corrected chi connectivity index (χ2v) is 4.33. The molecule has 21 heavy (non-hydrogen) atoms. The predicted octanol–water partition coefficient (Wildman–Crippen LogP) is 1.94. The summed E-state index contributed by atoms with van der Waals surface area (Å²) in [5.74, 6) is 0.126. The molecule has 0 radical (unpaired) electrons. The summed E-state index contributed by atoms with van der Waals surface area (Å²) in [5, 5.41) is 8.82. The molecule has 0 saturated heterocycles. The lowest BCUT2D eigenvalue weighted by Crippen LogP contribution is -2.19. The SMILES string of the molecule is N#Cc1cccc(OCCn2c(=O)oc3cccnc32)c1. The van der Waals surface area contributed by atoms with Crippen molar-refractivity contribution >= 4 is 11.2 Å². The molecule has 3 aromatic rings. The van der Waals surface area contributed by atoms with Crippen molar-refractivity contribution in [2.24, 2.45) is 0 Å². The van der Waals surface area contributed by atoms with Gasteiger partial charge in [-0.05, 0) is 30.3 Å². The van der Waals surface area contributed by atoms with Crippen molar-refractivity contribution in [3.8, 4) is 11.8 Å². The first-order valence-corrected chi connectivity index (χ1v) is 6.35. The molecular weight excluding hydrogens is 270 g/mol. The Morgan fingerprint density at radius 1 is 1.33 bits per heavy atom. The summed E-state index contributed by atoms with van der Waals surface area (Å²) in [6.45, 7) is 0.597. The zero-order valence-corrected chi connectivity index (χ0v) is 11.0. The van der Waals surface area contributed by atoms with Crippen molar-refractivity contribution in [2.45, 2.75) is 6.54 Å².